The van der Waals surface area contributed by atoms with Gasteiger partial charge < -0.3 is 20.9 Å². The van der Waals surface area contributed by atoms with Crippen LogP contribution in [-0.4, -0.2) is 43.3 Å². The largest absolute Gasteiger partial charge is 0.376 e. The zero-order chi connectivity index (χ0) is 23.6. The number of nitrogens with zero attached hydrogens (tertiary/aromatic N) is 1. The second kappa shape index (κ2) is 11.5. The van der Waals surface area contributed by atoms with E-state index in [1.54, 1.807) is 62.6 Å². The molecule has 3 N–H and O–H groups in total. The minimum absolute atomic E-state index is 0.0532. The summed E-state index contributed by atoms with van der Waals surface area (Å²) < 4.78 is 0. The minimum atomic E-state index is -0.223. The van der Waals surface area contributed by atoms with Crippen molar-refractivity contribution in [3.63, 3.8) is 0 Å². The number of anilines is 3. The SMILES string of the molecule is CN(C)C(=O)c1cccc(NCC(=O)Nc2ccc(NC(=O)CCc3ccccc3)cc2)c1. The van der Waals surface area contributed by atoms with Crippen LogP contribution in [-0.2, 0) is 16.0 Å². The Morgan fingerprint density at radius 3 is 2.00 bits per heavy atom. The van der Waals surface area contributed by atoms with E-state index >= 15 is 0 Å². The molecule has 0 aliphatic rings. The van der Waals surface area contributed by atoms with E-state index in [2.05, 4.69) is 16.0 Å². The number of nitrogens with one attached hydrogen (secondary N) is 3. The molecule has 0 saturated heterocycles. The molecule has 33 heavy (non-hydrogen) atoms. The van der Waals surface area contributed by atoms with Crippen LogP contribution in [0.4, 0.5) is 17.1 Å². The topological polar surface area (TPSA) is 90.5 Å². The van der Waals surface area contributed by atoms with Gasteiger partial charge >= 0.3 is 0 Å². The van der Waals surface area contributed by atoms with Gasteiger partial charge in [-0.3, -0.25) is 14.4 Å². The summed E-state index contributed by atoms with van der Waals surface area (Å²) in [5.41, 5.74) is 3.65. The van der Waals surface area contributed by atoms with E-state index in [9.17, 15) is 14.4 Å². The number of benzene rings is 3. The van der Waals surface area contributed by atoms with Gasteiger partial charge in [0.2, 0.25) is 11.8 Å². The molecule has 0 aliphatic carbocycles. The summed E-state index contributed by atoms with van der Waals surface area (Å²) in [5.74, 6) is -0.385. The lowest BCUT2D eigenvalue weighted by atomic mass is 10.1. The Morgan fingerprint density at radius 2 is 1.36 bits per heavy atom. The fraction of sp³-hybridized carbons (Fsp3) is 0.192. The summed E-state index contributed by atoms with van der Waals surface area (Å²) in [6.07, 6.45) is 1.08. The summed E-state index contributed by atoms with van der Waals surface area (Å²) in [6.45, 7) is 0.0532. The van der Waals surface area contributed by atoms with Gasteiger partial charge in [-0.15, -0.1) is 0 Å². The molecule has 3 aromatic rings. The second-order valence-electron chi connectivity index (χ2n) is 7.79. The lowest BCUT2D eigenvalue weighted by molar-refractivity contribution is -0.116. The number of hydrogen-bond acceptors (Lipinski definition) is 4. The number of carbonyl (C=O) groups excluding carboxylic acids is 3. The van der Waals surface area contributed by atoms with Gasteiger partial charge in [-0.1, -0.05) is 36.4 Å². The van der Waals surface area contributed by atoms with Gasteiger partial charge in [-0.2, -0.15) is 0 Å². The summed E-state index contributed by atoms with van der Waals surface area (Å²) in [6, 6.07) is 23.9. The van der Waals surface area contributed by atoms with Gasteiger partial charge in [0, 0.05) is 43.1 Å². The van der Waals surface area contributed by atoms with Crippen molar-refractivity contribution in [1.82, 2.24) is 4.90 Å². The van der Waals surface area contributed by atoms with Crippen LogP contribution in [0.25, 0.3) is 0 Å². The maximum absolute atomic E-state index is 12.3. The molecule has 3 rings (SSSR count). The van der Waals surface area contributed by atoms with Crippen LogP contribution < -0.4 is 16.0 Å². The molecule has 0 unspecified atom stereocenters. The van der Waals surface area contributed by atoms with Crippen molar-refractivity contribution in [3.8, 4) is 0 Å². The fourth-order valence-corrected chi connectivity index (χ4v) is 3.17. The first-order chi connectivity index (χ1) is 15.9. The van der Waals surface area contributed by atoms with Crippen molar-refractivity contribution in [2.24, 2.45) is 0 Å². The Balaban J connectivity index is 1.45. The fourth-order valence-electron chi connectivity index (χ4n) is 3.17. The molecule has 7 nitrogen and oxygen atoms in total. The molecular weight excluding hydrogens is 416 g/mol. The van der Waals surface area contributed by atoms with E-state index in [0.29, 0.717) is 35.5 Å². The van der Waals surface area contributed by atoms with Crippen LogP contribution in [0.2, 0.25) is 0 Å². The molecule has 7 heteroatoms. The third-order valence-corrected chi connectivity index (χ3v) is 4.90. The number of hydrogen-bond donors (Lipinski definition) is 3. The smallest absolute Gasteiger partial charge is 0.253 e. The normalized spacial score (nSPS) is 10.2. The highest BCUT2D eigenvalue weighted by molar-refractivity contribution is 5.96. The molecule has 0 aromatic heterocycles. The first-order valence-electron chi connectivity index (χ1n) is 10.7. The van der Waals surface area contributed by atoms with Gasteiger partial charge in [0.05, 0.1) is 6.54 Å². The molecule has 3 aromatic carbocycles. The average Bonchev–Trinajstić information content (AvgIpc) is 2.83. The highest BCUT2D eigenvalue weighted by Crippen LogP contribution is 2.15. The molecule has 0 spiro atoms. The van der Waals surface area contributed by atoms with Crippen molar-refractivity contribution in [2.75, 3.05) is 36.6 Å². The molecule has 0 aliphatic heterocycles. The maximum atomic E-state index is 12.3. The van der Waals surface area contributed by atoms with E-state index in [1.165, 1.54) is 4.90 Å². The summed E-state index contributed by atoms with van der Waals surface area (Å²) in [7, 11) is 3.38. The van der Waals surface area contributed by atoms with Crippen molar-refractivity contribution >= 4 is 34.8 Å². The quantitative estimate of drug-likeness (QED) is 0.465. The van der Waals surface area contributed by atoms with Crippen LogP contribution in [0.1, 0.15) is 22.3 Å². The molecule has 3 amide bonds. The minimum Gasteiger partial charge on any atom is -0.376 e. The molecule has 0 heterocycles. The summed E-state index contributed by atoms with van der Waals surface area (Å²) >= 11 is 0. The van der Waals surface area contributed by atoms with E-state index in [4.69, 9.17) is 0 Å². The molecule has 0 fully saturated rings. The lowest BCUT2D eigenvalue weighted by Gasteiger charge is -2.12. The molecule has 0 radical (unpaired) electrons. The number of carbonyl (C=O) groups is 3. The number of aryl methyl sites for hydroxylation is 1. The Hall–Kier alpha value is -4.13. The Morgan fingerprint density at radius 1 is 0.727 bits per heavy atom. The molecule has 170 valence electrons. The van der Waals surface area contributed by atoms with Gasteiger partial charge in [-0.05, 0) is 54.4 Å². The molecular formula is C26H28N4O3. The zero-order valence-corrected chi connectivity index (χ0v) is 18.8. The third-order valence-electron chi connectivity index (χ3n) is 4.90. The Bertz CT molecular complexity index is 1100. The summed E-state index contributed by atoms with van der Waals surface area (Å²) in [5, 5.41) is 8.70. The van der Waals surface area contributed by atoms with Crippen molar-refractivity contribution < 1.29 is 14.4 Å². The van der Waals surface area contributed by atoms with Gasteiger partial charge in [0.25, 0.3) is 5.91 Å². The predicted octanol–water partition coefficient (Wildman–Crippen LogP) is 4.01. The van der Waals surface area contributed by atoms with E-state index in [-0.39, 0.29) is 24.3 Å². The second-order valence-corrected chi connectivity index (χ2v) is 7.79. The van der Waals surface area contributed by atoms with Crippen molar-refractivity contribution in [1.29, 1.82) is 0 Å². The lowest BCUT2D eigenvalue weighted by Crippen LogP contribution is -2.23. The highest BCUT2D eigenvalue weighted by Gasteiger charge is 2.09. The molecule has 0 atom stereocenters. The Labute approximate surface area is 193 Å². The van der Waals surface area contributed by atoms with Crippen LogP contribution in [0, 0.1) is 0 Å². The van der Waals surface area contributed by atoms with E-state index in [1.807, 2.05) is 30.3 Å². The van der Waals surface area contributed by atoms with E-state index < -0.39 is 0 Å². The summed E-state index contributed by atoms with van der Waals surface area (Å²) in [4.78, 5) is 38.0. The van der Waals surface area contributed by atoms with Gasteiger partial charge in [0.1, 0.15) is 0 Å². The van der Waals surface area contributed by atoms with Crippen molar-refractivity contribution in [3.05, 3.63) is 90.0 Å². The van der Waals surface area contributed by atoms with Crippen LogP contribution in [0.3, 0.4) is 0 Å². The molecule has 0 saturated carbocycles. The maximum Gasteiger partial charge on any atom is 0.253 e. The van der Waals surface area contributed by atoms with Gasteiger partial charge in [-0.25, -0.2) is 0 Å². The standard InChI is InChI=1S/C26H28N4O3/c1-30(2)26(33)20-9-6-10-23(17-20)27-18-25(32)29-22-14-12-21(13-15-22)28-24(31)16-11-19-7-4-3-5-8-19/h3-10,12-15,17,27H,11,16,18H2,1-2H3,(H,28,31)(H,29,32). The third kappa shape index (κ3) is 7.50. The number of amides is 3. The number of rotatable bonds is 9. The average molecular weight is 445 g/mol. The highest BCUT2D eigenvalue weighted by atomic mass is 16.2. The zero-order valence-electron chi connectivity index (χ0n) is 18.8. The first kappa shape index (κ1) is 23.5. The Kier molecular flexibility index (Phi) is 8.18. The van der Waals surface area contributed by atoms with E-state index in [0.717, 1.165) is 5.56 Å². The van der Waals surface area contributed by atoms with Crippen LogP contribution >= 0.6 is 0 Å². The van der Waals surface area contributed by atoms with Gasteiger partial charge in [0.15, 0.2) is 0 Å². The monoisotopic (exact) mass is 444 g/mol. The van der Waals surface area contributed by atoms with Crippen molar-refractivity contribution in [2.45, 2.75) is 12.8 Å². The molecule has 0 bridgehead atoms. The first-order valence-corrected chi connectivity index (χ1v) is 10.7. The van der Waals surface area contributed by atoms with Crippen LogP contribution in [0.15, 0.2) is 78.9 Å². The van der Waals surface area contributed by atoms with Crippen LogP contribution in [0.5, 0.6) is 0 Å². The predicted molar refractivity (Wildman–Crippen MR) is 131 cm³/mol.